The minimum atomic E-state index is -0.399. The van der Waals surface area contributed by atoms with Crippen molar-refractivity contribution >= 4 is 16.6 Å². The number of oxazole rings is 1. The summed E-state index contributed by atoms with van der Waals surface area (Å²) >= 11 is 0. The molecule has 0 spiro atoms. The van der Waals surface area contributed by atoms with Gasteiger partial charge in [-0.25, -0.2) is 9.78 Å². The van der Waals surface area contributed by atoms with E-state index in [4.69, 9.17) is 9.15 Å². The number of nitriles is 1. The summed E-state index contributed by atoms with van der Waals surface area (Å²) in [7, 11) is 3.85. The van der Waals surface area contributed by atoms with Crippen molar-refractivity contribution in [2.24, 2.45) is 13.0 Å². The molecule has 1 aliphatic rings. The minimum absolute atomic E-state index is 0.399. The molecule has 0 aliphatic carbocycles. The third-order valence-corrected chi connectivity index (χ3v) is 7.25. The zero-order valence-electron chi connectivity index (χ0n) is 20.8. The first-order valence-corrected chi connectivity index (χ1v) is 12.4. The highest BCUT2D eigenvalue weighted by Crippen LogP contribution is 2.39. The maximum Gasteiger partial charge on any atom is 0.419 e. The molecular weight excluding hydrogens is 466 g/mol. The van der Waals surface area contributed by atoms with E-state index in [1.165, 1.54) is 11.0 Å². The van der Waals surface area contributed by atoms with Crippen LogP contribution in [0.1, 0.15) is 18.4 Å². The summed E-state index contributed by atoms with van der Waals surface area (Å²) in [5, 5.41) is 9.30. The lowest BCUT2D eigenvalue weighted by atomic mass is 9.97. The van der Waals surface area contributed by atoms with Crippen LogP contribution in [-0.4, -0.2) is 45.6 Å². The topological polar surface area (TPSA) is 88.7 Å². The summed E-state index contributed by atoms with van der Waals surface area (Å²) in [6.07, 6.45) is 5.93. The van der Waals surface area contributed by atoms with Crippen LogP contribution < -0.4 is 10.5 Å². The molecule has 0 saturated carbocycles. The van der Waals surface area contributed by atoms with E-state index in [-0.39, 0.29) is 0 Å². The van der Waals surface area contributed by atoms with Crippen LogP contribution in [-0.2, 0) is 7.05 Å². The second-order valence-corrected chi connectivity index (χ2v) is 9.80. The monoisotopic (exact) mass is 493 g/mol. The van der Waals surface area contributed by atoms with Gasteiger partial charge in [0.1, 0.15) is 11.3 Å². The van der Waals surface area contributed by atoms with Crippen LogP contribution in [0.25, 0.3) is 39.0 Å². The van der Waals surface area contributed by atoms with Gasteiger partial charge in [-0.2, -0.15) is 5.26 Å². The third-order valence-electron chi connectivity index (χ3n) is 7.25. The van der Waals surface area contributed by atoms with Crippen LogP contribution in [0.3, 0.4) is 0 Å². The Morgan fingerprint density at radius 3 is 2.70 bits per heavy atom. The number of hydrogen-bond acceptors (Lipinski definition) is 6. The SMILES string of the molecule is CN1CCCC(COc2cc(-c3ccc(C#N)cc3)c(-c3ccc4c(c3)oc(=O)n4C)n3cncc23)C1. The summed E-state index contributed by atoms with van der Waals surface area (Å²) in [6, 6.07) is 17.5. The van der Waals surface area contributed by atoms with Gasteiger partial charge in [-0.3, -0.25) is 8.97 Å². The first-order chi connectivity index (χ1) is 18.0. The average molecular weight is 494 g/mol. The summed E-state index contributed by atoms with van der Waals surface area (Å²) in [5.41, 5.74) is 6.37. The number of piperidine rings is 1. The molecule has 8 nitrogen and oxygen atoms in total. The number of ether oxygens (including phenoxy) is 1. The van der Waals surface area contributed by atoms with Crippen LogP contribution >= 0.6 is 0 Å². The Labute approximate surface area is 213 Å². The van der Waals surface area contributed by atoms with E-state index >= 15 is 0 Å². The van der Waals surface area contributed by atoms with E-state index in [1.807, 2.05) is 53.1 Å². The highest BCUT2D eigenvalue weighted by molar-refractivity contribution is 5.89. The molecule has 8 heteroatoms. The largest absolute Gasteiger partial charge is 0.491 e. The molecule has 1 fully saturated rings. The van der Waals surface area contributed by atoms with Gasteiger partial charge in [0.05, 0.1) is 42.0 Å². The lowest BCUT2D eigenvalue weighted by Crippen LogP contribution is -2.34. The molecule has 2 aromatic carbocycles. The number of aromatic nitrogens is 3. The Kier molecular flexibility index (Phi) is 5.78. The van der Waals surface area contributed by atoms with Gasteiger partial charge in [-0.1, -0.05) is 18.2 Å². The number of imidazole rings is 1. The highest BCUT2D eigenvalue weighted by atomic mass is 16.5. The van der Waals surface area contributed by atoms with Gasteiger partial charge in [0.2, 0.25) is 0 Å². The van der Waals surface area contributed by atoms with Crippen molar-refractivity contribution in [3.63, 3.8) is 0 Å². The zero-order valence-corrected chi connectivity index (χ0v) is 20.8. The molecule has 1 saturated heterocycles. The summed E-state index contributed by atoms with van der Waals surface area (Å²) in [5.74, 6) is 0.841. The summed E-state index contributed by atoms with van der Waals surface area (Å²) in [4.78, 5) is 18.9. The maximum atomic E-state index is 12.1. The van der Waals surface area contributed by atoms with E-state index in [2.05, 4.69) is 29.1 Å². The van der Waals surface area contributed by atoms with Crippen molar-refractivity contribution in [3.8, 4) is 34.2 Å². The zero-order chi connectivity index (χ0) is 25.5. The van der Waals surface area contributed by atoms with Crippen molar-refractivity contribution < 1.29 is 9.15 Å². The van der Waals surface area contributed by atoms with Gasteiger partial charge in [0.25, 0.3) is 0 Å². The van der Waals surface area contributed by atoms with Crippen molar-refractivity contribution in [2.75, 3.05) is 26.7 Å². The Morgan fingerprint density at radius 1 is 1.11 bits per heavy atom. The molecule has 0 N–H and O–H groups in total. The molecule has 186 valence electrons. The predicted molar refractivity (Wildman–Crippen MR) is 142 cm³/mol. The second-order valence-electron chi connectivity index (χ2n) is 9.80. The molecule has 6 rings (SSSR count). The average Bonchev–Trinajstić information content (AvgIpc) is 3.51. The number of hydrogen-bond donors (Lipinski definition) is 0. The van der Waals surface area contributed by atoms with Crippen LogP contribution in [0.15, 0.2) is 70.3 Å². The lowest BCUT2D eigenvalue weighted by Gasteiger charge is -2.29. The van der Waals surface area contributed by atoms with Crippen LogP contribution in [0.4, 0.5) is 0 Å². The van der Waals surface area contributed by atoms with E-state index in [1.54, 1.807) is 13.4 Å². The highest BCUT2D eigenvalue weighted by Gasteiger charge is 2.21. The molecular formula is C29H27N5O3. The van der Waals surface area contributed by atoms with Gasteiger partial charge < -0.3 is 14.1 Å². The predicted octanol–water partition coefficient (Wildman–Crippen LogP) is 4.71. The number of nitrogens with zero attached hydrogens (tertiary/aromatic N) is 5. The Balaban J connectivity index is 1.51. The molecule has 3 aromatic heterocycles. The number of rotatable bonds is 5. The summed E-state index contributed by atoms with van der Waals surface area (Å²) in [6.45, 7) is 2.80. The molecule has 5 aromatic rings. The Bertz CT molecular complexity index is 1700. The molecule has 0 bridgehead atoms. The smallest absolute Gasteiger partial charge is 0.419 e. The van der Waals surface area contributed by atoms with Gasteiger partial charge in [0, 0.05) is 30.6 Å². The minimum Gasteiger partial charge on any atom is -0.491 e. The fraction of sp³-hybridized carbons (Fsp3) is 0.276. The van der Waals surface area contributed by atoms with Crippen LogP contribution in [0, 0.1) is 17.2 Å². The third kappa shape index (κ3) is 4.17. The quantitative estimate of drug-likeness (QED) is 0.352. The fourth-order valence-corrected chi connectivity index (χ4v) is 5.31. The van der Waals surface area contributed by atoms with Crippen molar-refractivity contribution in [3.05, 3.63) is 77.2 Å². The first kappa shape index (κ1) is 23.1. The van der Waals surface area contributed by atoms with Crippen molar-refractivity contribution in [1.82, 2.24) is 18.9 Å². The fourth-order valence-electron chi connectivity index (χ4n) is 5.31. The lowest BCUT2D eigenvalue weighted by molar-refractivity contribution is 0.151. The molecule has 0 amide bonds. The van der Waals surface area contributed by atoms with Gasteiger partial charge >= 0.3 is 5.76 Å². The molecule has 1 unspecified atom stereocenters. The standard InChI is InChI=1S/C29H27N5O3/c1-32-11-3-4-20(16-32)17-36-26-13-23(21-7-5-19(14-30)6-8-21)28(34-18-31-15-25(26)34)22-9-10-24-27(12-22)37-29(35)33(24)2/h5-10,12-13,15,18,20H,3-4,11,16-17H2,1-2H3. The summed E-state index contributed by atoms with van der Waals surface area (Å²) < 4.78 is 15.5. The van der Waals surface area contributed by atoms with Gasteiger partial charge in [0.15, 0.2) is 5.58 Å². The normalized spacial score (nSPS) is 16.3. The molecule has 1 aliphatic heterocycles. The number of benzene rings is 2. The van der Waals surface area contributed by atoms with E-state index in [0.29, 0.717) is 23.7 Å². The first-order valence-electron chi connectivity index (χ1n) is 12.4. The maximum absolute atomic E-state index is 12.1. The number of pyridine rings is 1. The van der Waals surface area contributed by atoms with Crippen molar-refractivity contribution in [1.29, 1.82) is 5.26 Å². The molecule has 4 heterocycles. The second kappa shape index (κ2) is 9.26. The van der Waals surface area contributed by atoms with Crippen LogP contribution in [0.2, 0.25) is 0 Å². The Hall–Kier alpha value is -4.35. The van der Waals surface area contributed by atoms with Gasteiger partial charge in [-0.15, -0.1) is 0 Å². The Morgan fingerprint density at radius 2 is 1.92 bits per heavy atom. The molecule has 1 atom stereocenters. The number of aryl methyl sites for hydroxylation is 1. The number of fused-ring (bicyclic) bond motifs is 2. The van der Waals surface area contributed by atoms with E-state index < -0.39 is 5.76 Å². The molecule has 37 heavy (non-hydrogen) atoms. The molecule has 0 radical (unpaired) electrons. The van der Waals surface area contributed by atoms with E-state index in [0.717, 1.165) is 58.7 Å². The van der Waals surface area contributed by atoms with Gasteiger partial charge in [-0.05, 0) is 62.3 Å². The van der Waals surface area contributed by atoms with Crippen molar-refractivity contribution in [2.45, 2.75) is 12.8 Å². The van der Waals surface area contributed by atoms with Crippen LogP contribution in [0.5, 0.6) is 5.75 Å². The van der Waals surface area contributed by atoms with E-state index in [9.17, 15) is 10.1 Å². The number of likely N-dealkylation sites (tertiary alicyclic amines) is 1.